The number of rotatable bonds is 7. The summed E-state index contributed by atoms with van der Waals surface area (Å²) in [5, 5.41) is 8.82. The van der Waals surface area contributed by atoms with Crippen LogP contribution in [-0.4, -0.2) is 59.0 Å². The molecule has 0 bridgehead atoms. The Bertz CT molecular complexity index is 266. The third kappa shape index (κ3) is 5.17. The topological polar surface area (TPSA) is 60.9 Å². The van der Waals surface area contributed by atoms with Crippen molar-refractivity contribution < 1.29 is 14.7 Å². The molecule has 1 N–H and O–H groups in total. The number of hydrogen-bond acceptors (Lipinski definition) is 3. The van der Waals surface area contributed by atoms with Crippen LogP contribution in [0.4, 0.5) is 0 Å². The molecule has 5 nitrogen and oxygen atoms in total. The first-order chi connectivity index (χ1) is 7.81. The van der Waals surface area contributed by atoms with Gasteiger partial charge in [0.05, 0.1) is 12.6 Å². The van der Waals surface area contributed by atoms with E-state index >= 15 is 0 Å². The van der Waals surface area contributed by atoms with Gasteiger partial charge in [0.25, 0.3) is 0 Å². The predicted octanol–water partition coefficient (Wildman–Crippen LogP) is 1.04. The van der Waals surface area contributed by atoms with Crippen LogP contribution in [0.2, 0.25) is 0 Å². The molecule has 17 heavy (non-hydrogen) atoms. The molecule has 0 aromatic carbocycles. The van der Waals surface area contributed by atoms with Gasteiger partial charge in [-0.3, -0.25) is 14.5 Å². The molecule has 0 spiro atoms. The SMILES string of the molecule is CCCN(CC(=O)O)C(C)C(=O)N(C)C(C)C. The molecule has 5 heteroatoms. The van der Waals surface area contributed by atoms with Crippen LogP contribution in [0.25, 0.3) is 0 Å². The van der Waals surface area contributed by atoms with Gasteiger partial charge in [-0.25, -0.2) is 0 Å². The second-order valence-electron chi connectivity index (χ2n) is 4.58. The lowest BCUT2D eigenvalue weighted by atomic mass is 10.2. The number of carboxylic acids is 1. The maximum atomic E-state index is 12.1. The molecule has 1 amide bonds. The molecule has 0 fully saturated rings. The first-order valence-corrected chi connectivity index (χ1v) is 6.03. The van der Waals surface area contributed by atoms with Crippen LogP contribution in [0.5, 0.6) is 0 Å². The fourth-order valence-electron chi connectivity index (χ4n) is 1.58. The van der Waals surface area contributed by atoms with Crippen LogP contribution in [0.1, 0.15) is 34.1 Å². The average molecular weight is 244 g/mol. The Kier molecular flexibility index (Phi) is 6.80. The van der Waals surface area contributed by atoms with E-state index in [9.17, 15) is 9.59 Å². The predicted molar refractivity (Wildman–Crippen MR) is 66.9 cm³/mol. The van der Waals surface area contributed by atoms with Gasteiger partial charge >= 0.3 is 5.97 Å². The van der Waals surface area contributed by atoms with Gasteiger partial charge in [0.1, 0.15) is 0 Å². The molecular weight excluding hydrogens is 220 g/mol. The van der Waals surface area contributed by atoms with Gasteiger partial charge in [0, 0.05) is 13.1 Å². The normalized spacial score (nSPS) is 12.9. The molecule has 0 aromatic heterocycles. The van der Waals surface area contributed by atoms with E-state index in [1.165, 1.54) is 0 Å². The zero-order valence-corrected chi connectivity index (χ0v) is 11.4. The number of likely N-dealkylation sites (N-methyl/N-ethyl adjacent to an activating group) is 1. The van der Waals surface area contributed by atoms with Crippen LogP contribution >= 0.6 is 0 Å². The lowest BCUT2D eigenvalue weighted by Gasteiger charge is -2.31. The van der Waals surface area contributed by atoms with Gasteiger partial charge in [0.2, 0.25) is 5.91 Å². The third-order valence-corrected chi connectivity index (χ3v) is 2.88. The number of carbonyl (C=O) groups is 2. The number of carboxylic acid groups (broad SMARTS) is 1. The molecule has 0 aliphatic heterocycles. The Balaban J connectivity index is 4.64. The highest BCUT2D eigenvalue weighted by atomic mass is 16.4. The number of aliphatic carboxylic acids is 1. The summed E-state index contributed by atoms with van der Waals surface area (Å²) in [5.74, 6) is -0.931. The highest BCUT2D eigenvalue weighted by Gasteiger charge is 2.26. The summed E-state index contributed by atoms with van der Waals surface area (Å²) in [7, 11) is 1.74. The van der Waals surface area contributed by atoms with Gasteiger partial charge in [-0.15, -0.1) is 0 Å². The smallest absolute Gasteiger partial charge is 0.317 e. The van der Waals surface area contributed by atoms with Crippen molar-refractivity contribution in [3.05, 3.63) is 0 Å². The van der Waals surface area contributed by atoms with Crippen molar-refractivity contribution >= 4 is 11.9 Å². The minimum Gasteiger partial charge on any atom is -0.480 e. The van der Waals surface area contributed by atoms with Gasteiger partial charge in [0.15, 0.2) is 0 Å². The molecular formula is C12H24N2O3. The van der Waals surface area contributed by atoms with E-state index in [4.69, 9.17) is 5.11 Å². The van der Waals surface area contributed by atoms with Gasteiger partial charge in [-0.05, 0) is 33.7 Å². The minimum absolute atomic E-state index is 0.0327. The standard InChI is InChI=1S/C12H24N2O3/c1-6-7-14(8-11(15)16)10(4)12(17)13(5)9(2)3/h9-10H,6-8H2,1-5H3,(H,15,16). The van der Waals surface area contributed by atoms with E-state index in [2.05, 4.69) is 0 Å². The van der Waals surface area contributed by atoms with E-state index in [0.29, 0.717) is 6.54 Å². The molecule has 0 rings (SSSR count). The van der Waals surface area contributed by atoms with Gasteiger partial charge < -0.3 is 10.0 Å². The quantitative estimate of drug-likeness (QED) is 0.727. The Morgan fingerprint density at radius 1 is 1.24 bits per heavy atom. The Morgan fingerprint density at radius 2 is 1.76 bits per heavy atom. The Morgan fingerprint density at radius 3 is 2.12 bits per heavy atom. The van der Waals surface area contributed by atoms with Crippen molar-refractivity contribution in [3.8, 4) is 0 Å². The van der Waals surface area contributed by atoms with Gasteiger partial charge in [-0.1, -0.05) is 6.92 Å². The van der Waals surface area contributed by atoms with Crippen molar-refractivity contribution in [2.24, 2.45) is 0 Å². The third-order valence-electron chi connectivity index (χ3n) is 2.88. The molecule has 1 unspecified atom stereocenters. The lowest BCUT2D eigenvalue weighted by Crippen LogP contribution is -2.49. The van der Waals surface area contributed by atoms with E-state index in [1.807, 2.05) is 20.8 Å². The fraction of sp³-hybridized carbons (Fsp3) is 0.833. The maximum absolute atomic E-state index is 12.1. The minimum atomic E-state index is -0.898. The first-order valence-electron chi connectivity index (χ1n) is 6.03. The molecule has 0 saturated carbocycles. The van der Waals surface area contributed by atoms with Crippen molar-refractivity contribution in [1.82, 2.24) is 9.80 Å². The Labute approximate surface area is 103 Å². The van der Waals surface area contributed by atoms with E-state index in [-0.39, 0.29) is 18.5 Å². The van der Waals surface area contributed by atoms with Crippen molar-refractivity contribution in [3.63, 3.8) is 0 Å². The largest absolute Gasteiger partial charge is 0.480 e. The van der Waals surface area contributed by atoms with Crippen LogP contribution < -0.4 is 0 Å². The van der Waals surface area contributed by atoms with Crippen LogP contribution in [0, 0.1) is 0 Å². The summed E-state index contributed by atoms with van der Waals surface area (Å²) in [5.41, 5.74) is 0. The maximum Gasteiger partial charge on any atom is 0.317 e. The lowest BCUT2D eigenvalue weighted by molar-refractivity contribution is -0.142. The molecule has 0 aliphatic carbocycles. The summed E-state index contributed by atoms with van der Waals surface area (Å²) < 4.78 is 0. The average Bonchev–Trinajstić information content (AvgIpc) is 2.24. The molecule has 0 aromatic rings. The van der Waals surface area contributed by atoms with Crippen molar-refractivity contribution in [1.29, 1.82) is 0 Å². The highest BCUT2D eigenvalue weighted by molar-refractivity contribution is 5.82. The van der Waals surface area contributed by atoms with Crippen LogP contribution in [-0.2, 0) is 9.59 Å². The molecule has 0 heterocycles. The summed E-state index contributed by atoms with van der Waals surface area (Å²) >= 11 is 0. The fourth-order valence-corrected chi connectivity index (χ4v) is 1.58. The second kappa shape index (κ2) is 7.27. The van der Waals surface area contributed by atoms with E-state index in [1.54, 1.807) is 23.8 Å². The molecule has 0 saturated heterocycles. The summed E-state index contributed by atoms with van der Waals surface area (Å²) in [6, 6.07) is -0.267. The van der Waals surface area contributed by atoms with E-state index < -0.39 is 12.0 Å². The van der Waals surface area contributed by atoms with Crippen LogP contribution in [0.3, 0.4) is 0 Å². The van der Waals surface area contributed by atoms with E-state index in [0.717, 1.165) is 6.42 Å². The van der Waals surface area contributed by atoms with Crippen molar-refractivity contribution in [2.45, 2.75) is 46.2 Å². The van der Waals surface area contributed by atoms with Crippen LogP contribution in [0.15, 0.2) is 0 Å². The zero-order chi connectivity index (χ0) is 13.6. The Hall–Kier alpha value is -1.10. The van der Waals surface area contributed by atoms with Gasteiger partial charge in [-0.2, -0.15) is 0 Å². The molecule has 100 valence electrons. The highest BCUT2D eigenvalue weighted by Crippen LogP contribution is 2.06. The monoisotopic (exact) mass is 244 g/mol. The number of nitrogens with zero attached hydrogens (tertiary/aromatic N) is 2. The number of carbonyl (C=O) groups excluding carboxylic acids is 1. The second-order valence-corrected chi connectivity index (χ2v) is 4.58. The van der Waals surface area contributed by atoms with Crippen molar-refractivity contribution in [2.75, 3.05) is 20.1 Å². The summed E-state index contributed by atoms with van der Waals surface area (Å²) in [6.45, 7) is 8.13. The zero-order valence-electron chi connectivity index (χ0n) is 11.4. The first kappa shape index (κ1) is 15.9. The number of amides is 1. The number of hydrogen-bond donors (Lipinski definition) is 1. The summed E-state index contributed by atoms with van der Waals surface area (Å²) in [6.07, 6.45) is 0.830. The molecule has 0 aliphatic rings. The molecule has 1 atom stereocenters. The summed E-state index contributed by atoms with van der Waals surface area (Å²) in [4.78, 5) is 26.2. The molecule has 0 radical (unpaired) electrons.